The van der Waals surface area contributed by atoms with Crippen LogP contribution in [-0.4, -0.2) is 35.4 Å². The van der Waals surface area contributed by atoms with E-state index in [4.69, 9.17) is 12.2 Å². The van der Waals surface area contributed by atoms with Gasteiger partial charge in [0, 0.05) is 24.2 Å². The average molecular weight is 478 g/mol. The van der Waals surface area contributed by atoms with Crippen molar-refractivity contribution in [3.05, 3.63) is 64.4 Å². The average Bonchev–Trinajstić information content (AvgIpc) is 3.29. The maximum absolute atomic E-state index is 14.7. The lowest BCUT2D eigenvalue weighted by Gasteiger charge is -2.11. The van der Waals surface area contributed by atoms with Gasteiger partial charge < -0.3 is 9.88 Å². The van der Waals surface area contributed by atoms with Gasteiger partial charge >= 0.3 is 0 Å². The van der Waals surface area contributed by atoms with Crippen LogP contribution in [0.4, 0.5) is 10.1 Å². The van der Waals surface area contributed by atoms with E-state index >= 15 is 0 Å². The maximum atomic E-state index is 14.7. The van der Waals surface area contributed by atoms with Crippen molar-refractivity contribution in [3.8, 4) is 22.8 Å². The van der Waals surface area contributed by atoms with Gasteiger partial charge in [-0.2, -0.15) is 5.10 Å². The number of aryl methyl sites for hydroxylation is 2. The lowest BCUT2D eigenvalue weighted by atomic mass is 10.1. The van der Waals surface area contributed by atoms with E-state index in [1.54, 1.807) is 10.6 Å². The van der Waals surface area contributed by atoms with Gasteiger partial charge in [-0.3, -0.25) is 14.5 Å². The van der Waals surface area contributed by atoms with Crippen LogP contribution in [0.3, 0.4) is 0 Å². The fraction of sp³-hybridized carbons (Fsp3) is 0.292. The van der Waals surface area contributed by atoms with Crippen molar-refractivity contribution in [2.45, 2.75) is 45.7 Å². The summed E-state index contributed by atoms with van der Waals surface area (Å²) in [6, 6.07) is 12.3. The van der Waals surface area contributed by atoms with Crippen molar-refractivity contribution in [1.29, 1.82) is 0 Å². The van der Waals surface area contributed by atoms with Crippen molar-refractivity contribution in [2.75, 3.05) is 5.32 Å². The van der Waals surface area contributed by atoms with Gasteiger partial charge in [0.2, 0.25) is 5.91 Å². The van der Waals surface area contributed by atoms with E-state index in [1.165, 1.54) is 12.1 Å². The molecule has 0 saturated carbocycles. The van der Waals surface area contributed by atoms with Gasteiger partial charge in [0.1, 0.15) is 18.2 Å². The molecule has 0 fully saturated rings. The lowest BCUT2D eigenvalue weighted by Crippen LogP contribution is -2.19. The SMILES string of the molecule is Cc1cccc(-c2n[nH]c(=S)n2CC(=O)Nc2ccc(F)c(-c3nnc4n3CCCCC4)c2)c1. The summed E-state index contributed by atoms with van der Waals surface area (Å²) < 4.78 is 18.7. The normalized spacial score (nSPS) is 13.4. The molecule has 0 unspecified atom stereocenters. The number of H-pyrrole nitrogens is 1. The second-order valence-corrected chi connectivity index (χ2v) is 8.84. The minimum Gasteiger partial charge on any atom is -0.325 e. The number of fused-ring (bicyclic) bond motifs is 1. The molecule has 3 heterocycles. The fourth-order valence-corrected chi connectivity index (χ4v) is 4.47. The third kappa shape index (κ3) is 4.41. The van der Waals surface area contributed by atoms with Gasteiger partial charge in [-0.1, -0.05) is 30.2 Å². The molecule has 2 aromatic carbocycles. The zero-order chi connectivity index (χ0) is 23.7. The predicted molar refractivity (Wildman–Crippen MR) is 129 cm³/mol. The van der Waals surface area contributed by atoms with Gasteiger partial charge in [-0.05, 0) is 56.2 Å². The summed E-state index contributed by atoms with van der Waals surface area (Å²) in [6.07, 6.45) is 4.00. The van der Waals surface area contributed by atoms with Crippen molar-refractivity contribution >= 4 is 23.8 Å². The Morgan fingerprint density at radius 2 is 2.03 bits per heavy atom. The Morgan fingerprint density at radius 1 is 1.15 bits per heavy atom. The highest BCUT2D eigenvalue weighted by Crippen LogP contribution is 2.27. The molecule has 34 heavy (non-hydrogen) atoms. The van der Waals surface area contributed by atoms with E-state index in [0.717, 1.165) is 49.2 Å². The maximum Gasteiger partial charge on any atom is 0.244 e. The highest BCUT2D eigenvalue weighted by molar-refractivity contribution is 7.71. The number of carbonyl (C=O) groups is 1. The first-order valence-electron chi connectivity index (χ1n) is 11.2. The number of nitrogens with zero attached hydrogens (tertiary/aromatic N) is 5. The second-order valence-electron chi connectivity index (χ2n) is 8.45. The van der Waals surface area contributed by atoms with E-state index in [9.17, 15) is 9.18 Å². The minimum absolute atomic E-state index is 0.0361. The highest BCUT2D eigenvalue weighted by atomic mass is 32.1. The molecule has 8 nitrogen and oxygen atoms in total. The summed E-state index contributed by atoms with van der Waals surface area (Å²) in [5.74, 6) is 1.23. The first kappa shape index (κ1) is 22.1. The Balaban J connectivity index is 1.39. The zero-order valence-electron chi connectivity index (χ0n) is 18.7. The van der Waals surface area contributed by atoms with E-state index in [-0.39, 0.29) is 12.5 Å². The van der Waals surface area contributed by atoms with Crippen LogP contribution in [0.2, 0.25) is 0 Å². The third-order valence-corrected chi connectivity index (χ3v) is 6.25. The zero-order valence-corrected chi connectivity index (χ0v) is 19.5. The quantitative estimate of drug-likeness (QED) is 0.407. The summed E-state index contributed by atoms with van der Waals surface area (Å²) in [5, 5.41) is 18.4. The Morgan fingerprint density at radius 3 is 2.88 bits per heavy atom. The van der Waals surface area contributed by atoms with Crippen LogP contribution in [0, 0.1) is 17.5 Å². The van der Waals surface area contributed by atoms with E-state index in [1.807, 2.05) is 35.8 Å². The number of rotatable bonds is 5. The van der Waals surface area contributed by atoms with E-state index in [2.05, 4.69) is 25.7 Å². The number of hydrogen-bond donors (Lipinski definition) is 2. The van der Waals surface area contributed by atoms with Gasteiger partial charge in [-0.15, -0.1) is 10.2 Å². The number of hydrogen-bond acceptors (Lipinski definition) is 5. The van der Waals surface area contributed by atoms with Crippen molar-refractivity contribution in [1.82, 2.24) is 29.5 Å². The van der Waals surface area contributed by atoms with Crippen LogP contribution in [0.15, 0.2) is 42.5 Å². The Kier molecular flexibility index (Phi) is 6.06. The lowest BCUT2D eigenvalue weighted by molar-refractivity contribution is -0.116. The topological polar surface area (TPSA) is 93.4 Å². The number of nitrogens with one attached hydrogen (secondary N) is 2. The van der Waals surface area contributed by atoms with E-state index in [0.29, 0.717) is 27.7 Å². The number of carbonyl (C=O) groups excluding carboxylic acids is 1. The van der Waals surface area contributed by atoms with E-state index < -0.39 is 5.82 Å². The Hall–Kier alpha value is -3.66. The monoisotopic (exact) mass is 477 g/mol. The molecule has 4 aromatic rings. The predicted octanol–water partition coefficient (Wildman–Crippen LogP) is 4.68. The highest BCUT2D eigenvalue weighted by Gasteiger charge is 2.20. The van der Waals surface area contributed by atoms with Crippen LogP contribution < -0.4 is 5.32 Å². The molecule has 1 amide bonds. The Labute approximate surface area is 200 Å². The largest absolute Gasteiger partial charge is 0.325 e. The number of anilines is 1. The van der Waals surface area contributed by atoms with Gasteiger partial charge in [0.05, 0.1) is 5.56 Å². The summed E-state index contributed by atoms with van der Waals surface area (Å²) in [7, 11) is 0. The van der Waals surface area contributed by atoms with Crippen molar-refractivity contribution < 1.29 is 9.18 Å². The number of halogens is 1. The molecule has 174 valence electrons. The molecule has 2 N–H and O–H groups in total. The molecule has 0 spiro atoms. The molecular weight excluding hydrogens is 453 g/mol. The van der Waals surface area contributed by atoms with Crippen LogP contribution in [0.5, 0.6) is 0 Å². The number of aromatic nitrogens is 6. The molecule has 1 aliphatic rings. The number of benzene rings is 2. The molecule has 2 aromatic heterocycles. The molecule has 1 aliphatic heterocycles. The molecular formula is C24H24FN7OS. The number of aromatic amines is 1. The molecule has 0 aliphatic carbocycles. The molecule has 0 atom stereocenters. The van der Waals surface area contributed by atoms with Crippen molar-refractivity contribution in [2.24, 2.45) is 0 Å². The first-order chi connectivity index (χ1) is 16.5. The fourth-order valence-electron chi connectivity index (χ4n) is 4.27. The van der Waals surface area contributed by atoms with Gasteiger partial charge in [-0.25, -0.2) is 4.39 Å². The van der Waals surface area contributed by atoms with Crippen LogP contribution >= 0.6 is 12.2 Å². The molecule has 0 saturated heterocycles. The molecule has 10 heteroatoms. The number of amides is 1. The second kappa shape index (κ2) is 9.30. The van der Waals surface area contributed by atoms with Crippen LogP contribution in [0.25, 0.3) is 22.8 Å². The van der Waals surface area contributed by atoms with Crippen LogP contribution in [0.1, 0.15) is 30.7 Å². The molecule has 5 rings (SSSR count). The van der Waals surface area contributed by atoms with Gasteiger partial charge in [0.25, 0.3) is 0 Å². The summed E-state index contributed by atoms with van der Waals surface area (Å²) >= 11 is 5.35. The Bertz CT molecular complexity index is 1420. The summed E-state index contributed by atoms with van der Waals surface area (Å²) in [5.41, 5.74) is 2.72. The van der Waals surface area contributed by atoms with Gasteiger partial charge in [0.15, 0.2) is 16.4 Å². The molecule has 0 radical (unpaired) electrons. The summed E-state index contributed by atoms with van der Waals surface area (Å²) in [4.78, 5) is 12.9. The molecule has 0 bridgehead atoms. The third-order valence-electron chi connectivity index (χ3n) is 5.94. The smallest absolute Gasteiger partial charge is 0.244 e. The van der Waals surface area contributed by atoms with Crippen LogP contribution in [-0.2, 0) is 24.3 Å². The minimum atomic E-state index is -0.406. The standard InChI is InChI=1S/C24H24FN7OS/c1-15-6-5-7-16(12-15)22-28-30-24(34)32(22)14-21(33)26-17-9-10-19(25)18(13-17)23-29-27-20-8-3-2-4-11-31(20)23/h5-7,9-10,12-13H,2-4,8,11,14H2,1H3,(H,26,33)(H,30,34). The summed E-state index contributed by atoms with van der Waals surface area (Å²) in [6.45, 7) is 2.71. The first-order valence-corrected chi connectivity index (χ1v) is 11.6. The van der Waals surface area contributed by atoms with Crippen molar-refractivity contribution in [3.63, 3.8) is 0 Å².